The van der Waals surface area contributed by atoms with Crippen molar-refractivity contribution in [1.29, 1.82) is 0 Å². The summed E-state index contributed by atoms with van der Waals surface area (Å²) in [7, 11) is 1.96. The molecule has 3 nitrogen and oxygen atoms in total. The highest BCUT2D eigenvalue weighted by atomic mass is 35.5. The molecule has 1 atom stereocenters. The van der Waals surface area contributed by atoms with Gasteiger partial charge in [0.05, 0.1) is 12.7 Å². The lowest BCUT2D eigenvalue weighted by Gasteiger charge is -2.28. The van der Waals surface area contributed by atoms with Crippen LogP contribution in [0.4, 0.5) is 0 Å². The minimum atomic E-state index is 0.575. The second kappa shape index (κ2) is 5.87. The molecule has 0 aliphatic heterocycles. The van der Waals surface area contributed by atoms with Crippen molar-refractivity contribution in [3.63, 3.8) is 0 Å². The summed E-state index contributed by atoms with van der Waals surface area (Å²) in [5.41, 5.74) is 0. The highest BCUT2D eigenvalue weighted by Crippen LogP contribution is 2.26. The number of hydrogen-bond donors (Lipinski definition) is 1. The van der Waals surface area contributed by atoms with Crippen LogP contribution in [0.5, 0.6) is 0 Å². The van der Waals surface area contributed by atoms with Crippen molar-refractivity contribution in [1.82, 2.24) is 14.9 Å². The molecule has 1 N–H and O–H groups in total. The molecule has 2 rings (SSSR count). The molecule has 1 aliphatic rings. The largest absolute Gasteiger partial charge is 0.321 e. The predicted molar refractivity (Wildman–Crippen MR) is 71.1 cm³/mol. The zero-order valence-corrected chi connectivity index (χ0v) is 11.5. The molecule has 0 amide bonds. The Bertz CT molecular complexity index is 356. The van der Waals surface area contributed by atoms with Crippen LogP contribution < -0.4 is 5.32 Å². The van der Waals surface area contributed by atoms with Crippen LogP contribution in [0.2, 0.25) is 5.15 Å². The van der Waals surface area contributed by atoms with Crippen LogP contribution in [0.15, 0.2) is 6.20 Å². The predicted octanol–water partition coefficient (Wildman–Crippen LogP) is 3.13. The lowest BCUT2D eigenvalue weighted by Crippen LogP contribution is -2.34. The minimum Gasteiger partial charge on any atom is -0.321 e. The van der Waals surface area contributed by atoms with Crippen molar-refractivity contribution in [3.8, 4) is 0 Å². The topological polar surface area (TPSA) is 29.9 Å². The van der Waals surface area contributed by atoms with Crippen molar-refractivity contribution in [3.05, 3.63) is 17.2 Å². The first kappa shape index (κ1) is 12.9. The summed E-state index contributed by atoms with van der Waals surface area (Å²) in [6.45, 7) is 3.10. The van der Waals surface area contributed by atoms with Gasteiger partial charge in [0, 0.05) is 13.1 Å². The van der Waals surface area contributed by atoms with Crippen LogP contribution in [-0.4, -0.2) is 15.6 Å². The summed E-state index contributed by atoms with van der Waals surface area (Å²) >= 11 is 5.97. The number of nitrogens with zero attached hydrogens (tertiary/aromatic N) is 2. The van der Waals surface area contributed by atoms with Crippen LogP contribution in [0.25, 0.3) is 0 Å². The first-order valence-electron chi connectivity index (χ1n) is 6.58. The van der Waals surface area contributed by atoms with Gasteiger partial charge in [0.25, 0.3) is 0 Å². The summed E-state index contributed by atoms with van der Waals surface area (Å²) < 4.78 is 1.93. The smallest absolute Gasteiger partial charge is 0.128 e. The molecule has 1 unspecified atom stereocenters. The molecule has 0 spiro atoms. The third-order valence-corrected chi connectivity index (χ3v) is 4.32. The summed E-state index contributed by atoms with van der Waals surface area (Å²) in [5, 5.41) is 4.28. The van der Waals surface area contributed by atoms with Crippen LogP contribution in [0.1, 0.15) is 44.9 Å². The van der Waals surface area contributed by atoms with Gasteiger partial charge in [-0.25, -0.2) is 4.98 Å². The highest BCUT2D eigenvalue weighted by Gasteiger charge is 2.19. The molecule has 0 radical (unpaired) electrons. The van der Waals surface area contributed by atoms with Gasteiger partial charge in [-0.3, -0.25) is 0 Å². The van der Waals surface area contributed by atoms with Crippen molar-refractivity contribution >= 4 is 11.6 Å². The monoisotopic (exact) mass is 255 g/mol. The zero-order valence-electron chi connectivity index (χ0n) is 10.7. The summed E-state index contributed by atoms with van der Waals surface area (Å²) in [5.74, 6) is 1.84. The SMILES string of the molecule is CC(NCc1ncc(Cl)n1C)C1CCCCC1. The van der Waals surface area contributed by atoms with Gasteiger partial charge in [0.1, 0.15) is 11.0 Å². The molecule has 96 valence electrons. The molecule has 1 aromatic heterocycles. The van der Waals surface area contributed by atoms with Crippen molar-refractivity contribution in [2.75, 3.05) is 0 Å². The molecular formula is C13H22ClN3. The van der Waals surface area contributed by atoms with Gasteiger partial charge in [-0.15, -0.1) is 0 Å². The van der Waals surface area contributed by atoms with E-state index in [4.69, 9.17) is 11.6 Å². The van der Waals surface area contributed by atoms with Crippen molar-refractivity contribution in [2.45, 2.75) is 51.6 Å². The normalized spacial score (nSPS) is 19.5. The molecule has 1 fully saturated rings. The second-order valence-electron chi connectivity index (χ2n) is 5.12. The Balaban J connectivity index is 1.83. The van der Waals surface area contributed by atoms with Crippen LogP contribution in [0, 0.1) is 5.92 Å². The van der Waals surface area contributed by atoms with Crippen LogP contribution in [-0.2, 0) is 13.6 Å². The lowest BCUT2D eigenvalue weighted by atomic mass is 9.84. The maximum atomic E-state index is 5.97. The van der Waals surface area contributed by atoms with Gasteiger partial charge >= 0.3 is 0 Å². The summed E-state index contributed by atoms with van der Waals surface area (Å²) in [6.07, 6.45) is 8.66. The van der Waals surface area contributed by atoms with Gasteiger partial charge < -0.3 is 9.88 Å². The van der Waals surface area contributed by atoms with Crippen molar-refractivity contribution in [2.24, 2.45) is 13.0 Å². The number of nitrogens with one attached hydrogen (secondary N) is 1. The van der Waals surface area contributed by atoms with E-state index in [9.17, 15) is 0 Å². The van der Waals surface area contributed by atoms with Gasteiger partial charge in [-0.2, -0.15) is 0 Å². The maximum absolute atomic E-state index is 5.97. The molecule has 1 aromatic rings. The summed E-state index contributed by atoms with van der Waals surface area (Å²) in [4.78, 5) is 4.30. The number of imidazole rings is 1. The Labute approximate surface area is 109 Å². The van der Waals surface area contributed by atoms with Gasteiger partial charge in [-0.05, 0) is 25.7 Å². The number of rotatable bonds is 4. The van der Waals surface area contributed by atoms with E-state index in [0.717, 1.165) is 18.3 Å². The van der Waals surface area contributed by atoms with E-state index in [2.05, 4.69) is 17.2 Å². The Morgan fingerprint density at radius 3 is 2.76 bits per heavy atom. The van der Waals surface area contributed by atoms with E-state index in [-0.39, 0.29) is 0 Å². The van der Waals surface area contributed by atoms with Gasteiger partial charge in [-0.1, -0.05) is 30.9 Å². The van der Waals surface area contributed by atoms with E-state index >= 15 is 0 Å². The quantitative estimate of drug-likeness (QED) is 0.896. The molecule has 4 heteroatoms. The van der Waals surface area contributed by atoms with Crippen LogP contribution >= 0.6 is 11.6 Å². The molecule has 1 saturated carbocycles. The van der Waals surface area contributed by atoms with Gasteiger partial charge in [0.2, 0.25) is 0 Å². The molecular weight excluding hydrogens is 234 g/mol. The Kier molecular flexibility index (Phi) is 4.46. The standard InChI is InChI=1S/C13H22ClN3/c1-10(11-6-4-3-5-7-11)15-9-13-16-8-12(14)17(13)2/h8,10-11,15H,3-7,9H2,1-2H3. The fourth-order valence-corrected chi connectivity index (χ4v) is 2.79. The van der Waals surface area contributed by atoms with Crippen LogP contribution in [0.3, 0.4) is 0 Å². The lowest BCUT2D eigenvalue weighted by molar-refractivity contribution is 0.279. The van der Waals surface area contributed by atoms with E-state index in [1.807, 2.05) is 11.6 Å². The average Bonchev–Trinajstić information content (AvgIpc) is 2.68. The zero-order chi connectivity index (χ0) is 12.3. The Morgan fingerprint density at radius 2 is 2.18 bits per heavy atom. The summed E-state index contributed by atoms with van der Waals surface area (Å²) in [6, 6.07) is 0.575. The number of aromatic nitrogens is 2. The molecule has 1 aliphatic carbocycles. The fourth-order valence-electron chi connectivity index (χ4n) is 2.64. The highest BCUT2D eigenvalue weighted by molar-refractivity contribution is 6.29. The van der Waals surface area contributed by atoms with E-state index < -0.39 is 0 Å². The first-order chi connectivity index (χ1) is 8.18. The Hall–Kier alpha value is -0.540. The average molecular weight is 256 g/mol. The second-order valence-corrected chi connectivity index (χ2v) is 5.51. The maximum Gasteiger partial charge on any atom is 0.128 e. The Morgan fingerprint density at radius 1 is 1.47 bits per heavy atom. The number of hydrogen-bond acceptors (Lipinski definition) is 2. The third kappa shape index (κ3) is 3.23. The van der Waals surface area contributed by atoms with E-state index in [1.54, 1.807) is 6.20 Å². The van der Waals surface area contributed by atoms with Crippen molar-refractivity contribution < 1.29 is 0 Å². The molecule has 0 aromatic carbocycles. The molecule has 0 saturated heterocycles. The van der Waals surface area contributed by atoms with E-state index in [0.29, 0.717) is 11.2 Å². The van der Waals surface area contributed by atoms with Gasteiger partial charge in [0.15, 0.2) is 0 Å². The molecule has 0 bridgehead atoms. The molecule has 17 heavy (non-hydrogen) atoms. The molecule has 1 heterocycles. The number of halogens is 1. The van der Waals surface area contributed by atoms with E-state index in [1.165, 1.54) is 32.1 Å². The first-order valence-corrected chi connectivity index (χ1v) is 6.95. The minimum absolute atomic E-state index is 0.575. The fraction of sp³-hybridized carbons (Fsp3) is 0.769. The third-order valence-electron chi connectivity index (χ3n) is 3.97.